The van der Waals surface area contributed by atoms with E-state index in [2.05, 4.69) is 65.8 Å². The first-order chi connectivity index (χ1) is 9.78. The van der Waals surface area contributed by atoms with Gasteiger partial charge in [0.25, 0.3) is 0 Å². The molecule has 1 N–H and O–H groups in total. The first-order valence-corrected chi connectivity index (χ1v) is 7.27. The fourth-order valence-electron chi connectivity index (χ4n) is 3.19. The number of benzene rings is 2. The molecule has 104 valence electrons. The van der Waals surface area contributed by atoms with Gasteiger partial charge in [-0.25, -0.2) is 0 Å². The Morgan fingerprint density at radius 2 is 1.95 bits per heavy atom. The lowest BCUT2D eigenvalue weighted by Gasteiger charge is -2.33. The average molecular weight is 266 g/mol. The van der Waals surface area contributed by atoms with Crippen molar-refractivity contribution < 1.29 is 0 Å². The smallest absolute Gasteiger partial charge is 0.0234 e. The van der Waals surface area contributed by atoms with Crippen LogP contribution in [-0.4, -0.2) is 25.5 Å². The summed E-state index contributed by atoms with van der Waals surface area (Å²) in [6.45, 7) is 3.09. The molecule has 0 amide bonds. The Hall–Kier alpha value is -1.64. The highest BCUT2D eigenvalue weighted by Crippen LogP contribution is 2.33. The van der Waals surface area contributed by atoms with Crippen LogP contribution < -0.4 is 5.32 Å². The molecule has 20 heavy (non-hydrogen) atoms. The minimum atomic E-state index is 0.494. The fraction of sp³-hybridized carbons (Fsp3) is 0.333. The van der Waals surface area contributed by atoms with Crippen LogP contribution in [0, 0.1) is 0 Å². The van der Waals surface area contributed by atoms with Crippen LogP contribution in [0.2, 0.25) is 0 Å². The molecule has 0 fully saturated rings. The number of rotatable bonds is 3. The highest BCUT2D eigenvalue weighted by Gasteiger charge is 2.24. The van der Waals surface area contributed by atoms with Gasteiger partial charge >= 0.3 is 0 Å². The minimum absolute atomic E-state index is 0.494. The summed E-state index contributed by atoms with van der Waals surface area (Å²) < 4.78 is 0. The van der Waals surface area contributed by atoms with Gasteiger partial charge in [0.15, 0.2) is 0 Å². The van der Waals surface area contributed by atoms with E-state index in [9.17, 15) is 0 Å². The van der Waals surface area contributed by atoms with Crippen molar-refractivity contribution in [1.82, 2.24) is 10.2 Å². The van der Waals surface area contributed by atoms with Gasteiger partial charge in [-0.05, 0) is 36.3 Å². The van der Waals surface area contributed by atoms with E-state index >= 15 is 0 Å². The van der Waals surface area contributed by atoms with Crippen LogP contribution in [0.5, 0.6) is 0 Å². The van der Waals surface area contributed by atoms with Crippen LogP contribution in [0.1, 0.15) is 28.2 Å². The number of fused-ring (bicyclic) bond motifs is 1. The standard InChI is InChI=1S/C18H22N2/c1-19-11-14-8-9-17-16(10-14)12-20(2)13-18(17)15-6-4-3-5-7-15/h3-10,18-19H,11-13H2,1-2H3. The third kappa shape index (κ3) is 2.62. The van der Waals surface area contributed by atoms with Crippen molar-refractivity contribution in [3.63, 3.8) is 0 Å². The third-order valence-corrected chi connectivity index (χ3v) is 4.10. The summed E-state index contributed by atoms with van der Waals surface area (Å²) in [6, 6.07) is 17.8. The number of hydrogen-bond donors (Lipinski definition) is 1. The van der Waals surface area contributed by atoms with Crippen LogP contribution in [0.3, 0.4) is 0 Å². The predicted octanol–water partition coefficient (Wildman–Crippen LogP) is 2.98. The SMILES string of the molecule is CNCc1ccc2c(c1)CN(C)CC2c1ccccc1. The normalized spacial score (nSPS) is 18.8. The second-order valence-corrected chi connectivity index (χ2v) is 5.72. The van der Waals surface area contributed by atoms with Gasteiger partial charge in [0.2, 0.25) is 0 Å². The molecule has 0 spiro atoms. The topological polar surface area (TPSA) is 15.3 Å². The number of likely N-dealkylation sites (N-methyl/N-ethyl adjacent to an activating group) is 1. The molecule has 2 aromatic carbocycles. The van der Waals surface area contributed by atoms with Gasteiger partial charge in [-0.1, -0.05) is 48.5 Å². The van der Waals surface area contributed by atoms with Gasteiger partial charge < -0.3 is 10.2 Å². The Morgan fingerprint density at radius 1 is 1.15 bits per heavy atom. The molecular weight excluding hydrogens is 244 g/mol. The molecule has 1 aliphatic rings. The maximum atomic E-state index is 3.23. The molecule has 2 aromatic rings. The molecule has 0 radical (unpaired) electrons. The summed E-state index contributed by atoms with van der Waals surface area (Å²) in [6.07, 6.45) is 0. The van der Waals surface area contributed by atoms with Gasteiger partial charge in [-0.2, -0.15) is 0 Å². The highest BCUT2D eigenvalue weighted by molar-refractivity contribution is 5.42. The van der Waals surface area contributed by atoms with Crippen LogP contribution >= 0.6 is 0 Å². The van der Waals surface area contributed by atoms with Crippen LogP contribution in [0.15, 0.2) is 48.5 Å². The molecule has 2 nitrogen and oxygen atoms in total. The van der Waals surface area contributed by atoms with Crippen molar-refractivity contribution in [3.8, 4) is 0 Å². The quantitative estimate of drug-likeness (QED) is 0.919. The van der Waals surface area contributed by atoms with Gasteiger partial charge in [-0.15, -0.1) is 0 Å². The van der Waals surface area contributed by atoms with Crippen molar-refractivity contribution in [2.24, 2.45) is 0 Å². The van der Waals surface area contributed by atoms with Crippen LogP contribution in [-0.2, 0) is 13.1 Å². The van der Waals surface area contributed by atoms with E-state index in [-0.39, 0.29) is 0 Å². The van der Waals surface area contributed by atoms with E-state index in [0.717, 1.165) is 19.6 Å². The zero-order chi connectivity index (χ0) is 13.9. The van der Waals surface area contributed by atoms with Crippen molar-refractivity contribution in [3.05, 3.63) is 70.8 Å². The molecule has 1 heterocycles. The molecule has 1 unspecified atom stereocenters. The number of hydrogen-bond acceptors (Lipinski definition) is 2. The minimum Gasteiger partial charge on any atom is -0.316 e. The van der Waals surface area contributed by atoms with E-state index in [4.69, 9.17) is 0 Å². The predicted molar refractivity (Wildman–Crippen MR) is 83.8 cm³/mol. The summed E-state index contributed by atoms with van der Waals surface area (Å²) >= 11 is 0. The second kappa shape index (κ2) is 5.78. The molecule has 0 aromatic heterocycles. The van der Waals surface area contributed by atoms with E-state index in [1.165, 1.54) is 22.3 Å². The maximum Gasteiger partial charge on any atom is 0.0234 e. The lowest BCUT2D eigenvalue weighted by molar-refractivity contribution is 0.295. The van der Waals surface area contributed by atoms with Gasteiger partial charge in [0, 0.05) is 25.6 Å². The second-order valence-electron chi connectivity index (χ2n) is 5.72. The molecule has 1 atom stereocenters. The molecule has 2 heteroatoms. The van der Waals surface area contributed by atoms with Crippen LogP contribution in [0.25, 0.3) is 0 Å². The lowest BCUT2D eigenvalue weighted by atomic mass is 9.84. The molecule has 3 rings (SSSR count). The number of nitrogens with one attached hydrogen (secondary N) is 1. The fourth-order valence-corrected chi connectivity index (χ4v) is 3.19. The molecule has 0 aliphatic carbocycles. The van der Waals surface area contributed by atoms with Crippen molar-refractivity contribution in [2.45, 2.75) is 19.0 Å². The zero-order valence-electron chi connectivity index (χ0n) is 12.3. The third-order valence-electron chi connectivity index (χ3n) is 4.10. The Morgan fingerprint density at radius 3 is 2.70 bits per heavy atom. The van der Waals surface area contributed by atoms with Gasteiger partial charge in [0.1, 0.15) is 0 Å². The van der Waals surface area contributed by atoms with Crippen LogP contribution in [0.4, 0.5) is 0 Å². The summed E-state index contributed by atoms with van der Waals surface area (Å²) in [5.74, 6) is 0.494. The zero-order valence-corrected chi connectivity index (χ0v) is 12.3. The molecule has 1 aliphatic heterocycles. The molecule has 0 saturated carbocycles. The maximum absolute atomic E-state index is 3.23. The van der Waals surface area contributed by atoms with Crippen molar-refractivity contribution in [1.29, 1.82) is 0 Å². The lowest BCUT2D eigenvalue weighted by Crippen LogP contribution is -2.31. The summed E-state index contributed by atoms with van der Waals surface area (Å²) in [5.41, 5.74) is 5.75. The molecule has 0 bridgehead atoms. The number of nitrogens with zero attached hydrogens (tertiary/aromatic N) is 1. The first kappa shape index (κ1) is 13.3. The Kier molecular flexibility index (Phi) is 3.86. The Bertz CT molecular complexity index is 577. The van der Waals surface area contributed by atoms with Crippen molar-refractivity contribution in [2.75, 3.05) is 20.6 Å². The molecule has 0 saturated heterocycles. The molecular formula is C18H22N2. The highest BCUT2D eigenvalue weighted by atomic mass is 15.1. The van der Waals surface area contributed by atoms with E-state index in [1.807, 2.05) is 7.05 Å². The summed E-state index contributed by atoms with van der Waals surface area (Å²) in [5, 5.41) is 3.23. The van der Waals surface area contributed by atoms with E-state index in [0.29, 0.717) is 5.92 Å². The Balaban J connectivity index is 2.00. The van der Waals surface area contributed by atoms with E-state index < -0.39 is 0 Å². The first-order valence-electron chi connectivity index (χ1n) is 7.27. The summed E-state index contributed by atoms with van der Waals surface area (Å²) in [4.78, 5) is 2.42. The van der Waals surface area contributed by atoms with E-state index in [1.54, 1.807) is 0 Å². The van der Waals surface area contributed by atoms with Crippen molar-refractivity contribution >= 4 is 0 Å². The van der Waals surface area contributed by atoms with Gasteiger partial charge in [0.05, 0.1) is 0 Å². The monoisotopic (exact) mass is 266 g/mol. The summed E-state index contributed by atoms with van der Waals surface area (Å²) in [7, 11) is 4.21. The largest absolute Gasteiger partial charge is 0.316 e. The Labute approximate surface area is 121 Å². The average Bonchev–Trinajstić information content (AvgIpc) is 2.47. The van der Waals surface area contributed by atoms with Gasteiger partial charge in [-0.3, -0.25) is 0 Å².